The van der Waals surface area contributed by atoms with Crippen molar-refractivity contribution in [1.82, 2.24) is 5.32 Å². The van der Waals surface area contributed by atoms with Gasteiger partial charge in [0.15, 0.2) is 0 Å². The Kier molecular flexibility index (Phi) is 5.76. The predicted octanol–water partition coefficient (Wildman–Crippen LogP) is 4.04. The first kappa shape index (κ1) is 15.8. The van der Waals surface area contributed by atoms with Crippen molar-refractivity contribution in [3.63, 3.8) is 0 Å². The molecule has 0 spiro atoms. The van der Waals surface area contributed by atoms with Crippen molar-refractivity contribution in [2.75, 3.05) is 0 Å². The highest BCUT2D eigenvalue weighted by Gasteiger charge is 2.09. The van der Waals surface area contributed by atoms with Crippen LogP contribution in [0.2, 0.25) is 0 Å². The first-order valence-corrected chi connectivity index (χ1v) is 7.44. The van der Waals surface area contributed by atoms with Gasteiger partial charge in [0.1, 0.15) is 0 Å². The first-order valence-electron chi connectivity index (χ1n) is 7.44. The normalized spacial score (nSPS) is 9.73. The SMILES string of the molecule is CC(C)=C=C(Cc1ccccc1)C(=O)NCc1ccccc1. The van der Waals surface area contributed by atoms with E-state index in [0.717, 1.165) is 16.7 Å². The van der Waals surface area contributed by atoms with E-state index in [0.29, 0.717) is 18.5 Å². The summed E-state index contributed by atoms with van der Waals surface area (Å²) in [6, 6.07) is 19.9. The Hall–Kier alpha value is -2.57. The van der Waals surface area contributed by atoms with E-state index >= 15 is 0 Å². The molecule has 1 N–H and O–H groups in total. The lowest BCUT2D eigenvalue weighted by atomic mass is 10.0. The van der Waals surface area contributed by atoms with E-state index in [4.69, 9.17) is 0 Å². The highest BCUT2D eigenvalue weighted by atomic mass is 16.1. The second-order valence-corrected chi connectivity index (χ2v) is 5.43. The second kappa shape index (κ2) is 8.02. The number of rotatable bonds is 5. The van der Waals surface area contributed by atoms with Gasteiger partial charge in [0.25, 0.3) is 5.91 Å². The molecular weight excluding hydrogens is 270 g/mol. The van der Waals surface area contributed by atoms with Crippen molar-refractivity contribution < 1.29 is 4.79 Å². The quantitative estimate of drug-likeness (QED) is 0.654. The molecule has 0 aliphatic carbocycles. The van der Waals surface area contributed by atoms with Gasteiger partial charge in [-0.25, -0.2) is 0 Å². The van der Waals surface area contributed by atoms with Crippen molar-refractivity contribution in [1.29, 1.82) is 0 Å². The van der Waals surface area contributed by atoms with E-state index in [2.05, 4.69) is 11.0 Å². The molecule has 0 radical (unpaired) electrons. The summed E-state index contributed by atoms with van der Waals surface area (Å²) < 4.78 is 0. The van der Waals surface area contributed by atoms with Crippen LogP contribution in [0, 0.1) is 0 Å². The maximum absolute atomic E-state index is 12.4. The van der Waals surface area contributed by atoms with Gasteiger partial charge in [0, 0.05) is 13.0 Å². The summed E-state index contributed by atoms with van der Waals surface area (Å²) in [4.78, 5) is 12.4. The van der Waals surface area contributed by atoms with Gasteiger partial charge in [-0.3, -0.25) is 4.79 Å². The summed E-state index contributed by atoms with van der Waals surface area (Å²) in [6.45, 7) is 4.44. The van der Waals surface area contributed by atoms with Crippen LogP contribution in [0.1, 0.15) is 25.0 Å². The number of benzene rings is 2. The van der Waals surface area contributed by atoms with Crippen LogP contribution in [0.3, 0.4) is 0 Å². The van der Waals surface area contributed by atoms with Crippen molar-refractivity contribution in [3.8, 4) is 0 Å². The third-order valence-electron chi connectivity index (χ3n) is 3.19. The topological polar surface area (TPSA) is 29.1 Å². The number of hydrogen-bond acceptors (Lipinski definition) is 1. The van der Waals surface area contributed by atoms with E-state index in [1.165, 1.54) is 0 Å². The third-order valence-corrected chi connectivity index (χ3v) is 3.19. The Morgan fingerprint density at radius 3 is 2.00 bits per heavy atom. The standard InChI is InChI=1S/C20H21NO/c1-16(2)13-19(14-17-9-5-3-6-10-17)20(22)21-15-18-11-7-4-8-12-18/h3-12H,14-15H2,1-2H3,(H,21,22). The van der Waals surface area contributed by atoms with Crippen molar-refractivity contribution >= 4 is 5.91 Å². The number of amides is 1. The van der Waals surface area contributed by atoms with E-state index in [9.17, 15) is 4.79 Å². The molecule has 2 aromatic carbocycles. The molecule has 0 saturated carbocycles. The molecule has 1 amide bonds. The molecule has 0 heterocycles. The second-order valence-electron chi connectivity index (χ2n) is 5.43. The van der Waals surface area contributed by atoms with Crippen molar-refractivity contribution in [2.45, 2.75) is 26.8 Å². The summed E-state index contributed by atoms with van der Waals surface area (Å²) in [5.74, 6) is -0.0612. The Balaban J connectivity index is 2.09. The summed E-state index contributed by atoms with van der Waals surface area (Å²) in [7, 11) is 0. The molecule has 22 heavy (non-hydrogen) atoms. The zero-order valence-electron chi connectivity index (χ0n) is 13.1. The number of carbonyl (C=O) groups is 1. The molecule has 0 bridgehead atoms. The minimum absolute atomic E-state index is 0.0612. The fourth-order valence-electron chi connectivity index (χ4n) is 2.17. The zero-order valence-corrected chi connectivity index (χ0v) is 13.1. The average molecular weight is 291 g/mol. The first-order chi connectivity index (χ1) is 10.6. The summed E-state index contributed by atoms with van der Waals surface area (Å²) in [5, 5.41) is 2.97. The lowest BCUT2D eigenvalue weighted by Crippen LogP contribution is -2.25. The highest BCUT2D eigenvalue weighted by Crippen LogP contribution is 2.09. The van der Waals surface area contributed by atoms with Crippen LogP contribution in [0.15, 0.2) is 77.5 Å². The van der Waals surface area contributed by atoms with Crippen LogP contribution < -0.4 is 5.32 Å². The van der Waals surface area contributed by atoms with E-state index < -0.39 is 0 Å². The van der Waals surface area contributed by atoms with Crippen LogP contribution in [0.4, 0.5) is 0 Å². The van der Waals surface area contributed by atoms with Crippen LogP contribution in [0.25, 0.3) is 0 Å². The van der Waals surface area contributed by atoms with Gasteiger partial charge < -0.3 is 5.32 Å². The molecule has 0 saturated heterocycles. The lowest BCUT2D eigenvalue weighted by molar-refractivity contribution is -0.117. The van der Waals surface area contributed by atoms with Crippen LogP contribution >= 0.6 is 0 Å². The Labute approximate surface area is 132 Å². The van der Waals surface area contributed by atoms with Gasteiger partial charge in [-0.1, -0.05) is 60.7 Å². The fraction of sp³-hybridized carbons (Fsp3) is 0.200. The van der Waals surface area contributed by atoms with Gasteiger partial charge in [-0.15, -0.1) is 5.73 Å². The molecule has 2 aromatic rings. The Morgan fingerprint density at radius 2 is 1.45 bits per heavy atom. The molecule has 0 fully saturated rings. The van der Waals surface area contributed by atoms with E-state index in [-0.39, 0.29) is 5.91 Å². The number of nitrogens with one attached hydrogen (secondary N) is 1. The van der Waals surface area contributed by atoms with Gasteiger partial charge in [0.2, 0.25) is 0 Å². The van der Waals surface area contributed by atoms with E-state index in [1.807, 2.05) is 74.5 Å². The maximum atomic E-state index is 12.4. The minimum atomic E-state index is -0.0612. The van der Waals surface area contributed by atoms with Gasteiger partial charge in [0.05, 0.1) is 5.57 Å². The number of hydrogen-bond donors (Lipinski definition) is 1. The maximum Gasteiger partial charge on any atom is 0.255 e. The van der Waals surface area contributed by atoms with Crippen LogP contribution in [0.5, 0.6) is 0 Å². The van der Waals surface area contributed by atoms with Gasteiger partial charge in [-0.2, -0.15) is 0 Å². The fourth-order valence-corrected chi connectivity index (χ4v) is 2.17. The number of carbonyl (C=O) groups excluding carboxylic acids is 1. The molecule has 2 rings (SSSR count). The van der Waals surface area contributed by atoms with Gasteiger partial charge >= 0.3 is 0 Å². The molecule has 0 atom stereocenters. The molecule has 0 aliphatic rings. The Bertz CT molecular complexity index is 676. The summed E-state index contributed by atoms with van der Waals surface area (Å²) >= 11 is 0. The predicted molar refractivity (Wildman–Crippen MR) is 90.3 cm³/mol. The van der Waals surface area contributed by atoms with Crippen molar-refractivity contribution in [2.24, 2.45) is 0 Å². The van der Waals surface area contributed by atoms with Crippen molar-refractivity contribution in [3.05, 3.63) is 88.7 Å². The molecule has 112 valence electrons. The monoisotopic (exact) mass is 291 g/mol. The van der Waals surface area contributed by atoms with E-state index in [1.54, 1.807) is 0 Å². The zero-order chi connectivity index (χ0) is 15.8. The molecule has 2 nitrogen and oxygen atoms in total. The molecule has 2 heteroatoms. The summed E-state index contributed by atoms with van der Waals surface area (Å²) in [6.07, 6.45) is 0.590. The Morgan fingerprint density at radius 1 is 0.909 bits per heavy atom. The largest absolute Gasteiger partial charge is 0.348 e. The molecule has 0 aromatic heterocycles. The molecule has 0 unspecified atom stereocenters. The lowest BCUT2D eigenvalue weighted by Gasteiger charge is -2.08. The smallest absolute Gasteiger partial charge is 0.255 e. The van der Waals surface area contributed by atoms with Crippen LogP contribution in [-0.4, -0.2) is 5.91 Å². The highest BCUT2D eigenvalue weighted by molar-refractivity contribution is 5.93. The molecule has 0 aliphatic heterocycles. The third kappa shape index (κ3) is 5.08. The minimum Gasteiger partial charge on any atom is -0.348 e. The van der Waals surface area contributed by atoms with Gasteiger partial charge in [-0.05, 0) is 30.5 Å². The average Bonchev–Trinajstić information content (AvgIpc) is 2.53. The summed E-state index contributed by atoms with van der Waals surface area (Å²) in [5.41, 5.74) is 7.06. The molecular formula is C20H21NO. The van der Waals surface area contributed by atoms with Crippen LogP contribution in [-0.2, 0) is 17.8 Å².